The van der Waals surface area contributed by atoms with Crippen molar-refractivity contribution in [2.24, 2.45) is 0 Å². The van der Waals surface area contributed by atoms with Crippen molar-refractivity contribution in [1.82, 2.24) is 4.98 Å². The largest absolute Gasteiger partial charge is 0.493 e. The van der Waals surface area contributed by atoms with Crippen molar-refractivity contribution >= 4 is 27.5 Å². The second kappa shape index (κ2) is 7.82. The van der Waals surface area contributed by atoms with Gasteiger partial charge in [-0.25, -0.2) is 4.98 Å². The molecule has 6 nitrogen and oxygen atoms in total. The Morgan fingerprint density at radius 3 is 2.61 bits per heavy atom. The normalized spacial score (nSPS) is 10.1. The van der Waals surface area contributed by atoms with Crippen LogP contribution in [0.2, 0.25) is 0 Å². The lowest BCUT2D eigenvalue weighted by molar-refractivity contribution is 0.102. The maximum atomic E-state index is 12.4. The van der Waals surface area contributed by atoms with E-state index in [0.717, 1.165) is 0 Å². The highest BCUT2D eigenvalue weighted by atomic mass is 79.9. The number of pyridine rings is 1. The van der Waals surface area contributed by atoms with Gasteiger partial charge >= 0.3 is 0 Å². The minimum absolute atomic E-state index is 0.279. The summed E-state index contributed by atoms with van der Waals surface area (Å²) >= 11 is 3.40. The molecule has 0 aliphatic carbocycles. The number of anilines is 1. The van der Waals surface area contributed by atoms with Gasteiger partial charge in [-0.2, -0.15) is 0 Å². The number of rotatable bonds is 6. The Bertz CT molecular complexity index is 689. The molecule has 0 fully saturated rings. The van der Waals surface area contributed by atoms with Crippen molar-refractivity contribution in [3.8, 4) is 17.4 Å². The van der Waals surface area contributed by atoms with Crippen LogP contribution in [0.1, 0.15) is 17.3 Å². The zero-order valence-electron chi connectivity index (χ0n) is 13.1. The van der Waals surface area contributed by atoms with Gasteiger partial charge in [-0.1, -0.05) is 0 Å². The third kappa shape index (κ3) is 4.13. The van der Waals surface area contributed by atoms with E-state index < -0.39 is 0 Å². The molecule has 1 heterocycles. The highest BCUT2D eigenvalue weighted by Crippen LogP contribution is 2.36. The molecule has 0 aliphatic rings. The fourth-order valence-corrected chi connectivity index (χ4v) is 2.47. The van der Waals surface area contributed by atoms with E-state index in [0.29, 0.717) is 39.7 Å². The van der Waals surface area contributed by atoms with Gasteiger partial charge in [-0.3, -0.25) is 4.79 Å². The monoisotopic (exact) mass is 380 g/mol. The Morgan fingerprint density at radius 1 is 1.26 bits per heavy atom. The molecular formula is C16H17BrN2O4. The molecule has 0 radical (unpaired) electrons. The first kappa shape index (κ1) is 17.1. The molecule has 1 aromatic carbocycles. The minimum Gasteiger partial charge on any atom is -0.493 e. The Labute approximate surface area is 142 Å². The number of hydrogen-bond acceptors (Lipinski definition) is 5. The molecule has 1 amide bonds. The predicted molar refractivity (Wildman–Crippen MR) is 90.6 cm³/mol. The third-order valence-corrected chi connectivity index (χ3v) is 3.57. The Kier molecular flexibility index (Phi) is 5.81. The summed E-state index contributed by atoms with van der Waals surface area (Å²) in [7, 11) is 3.06. The van der Waals surface area contributed by atoms with Crippen LogP contribution in [0.4, 0.5) is 5.69 Å². The Hall–Kier alpha value is -2.28. The molecule has 0 aliphatic heterocycles. The van der Waals surface area contributed by atoms with E-state index >= 15 is 0 Å². The average molecular weight is 381 g/mol. The van der Waals surface area contributed by atoms with Crippen LogP contribution in [-0.2, 0) is 0 Å². The van der Waals surface area contributed by atoms with Crippen molar-refractivity contribution in [3.05, 3.63) is 40.5 Å². The van der Waals surface area contributed by atoms with Gasteiger partial charge in [0.25, 0.3) is 5.91 Å². The molecule has 2 aromatic rings. The molecule has 23 heavy (non-hydrogen) atoms. The number of hydrogen-bond donors (Lipinski definition) is 1. The van der Waals surface area contributed by atoms with Gasteiger partial charge in [0.2, 0.25) is 5.88 Å². The summed E-state index contributed by atoms with van der Waals surface area (Å²) in [4.78, 5) is 16.4. The summed E-state index contributed by atoms with van der Waals surface area (Å²) in [5.74, 6) is 1.25. The van der Waals surface area contributed by atoms with Crippen LogP contribution < -0.4 is 19.5 Å². The molecule has 0 spiro atoms. The van der Waals surface area contributed by atoms with Crippen LogP contribution in [0.15, 0.2) is 34.9 Å². The smallest absolute Gasteiger partial charge is 0.255 e. The third-order valence-electron chi connectivity index (χ3n) is 2.98. The number of ether oxygens (including phenoxy) is 3. The van der Waals surface area contributed by atoms with Crippen LogP contribution in [0.5, 0.6) is 17.4 Å². The number of carbonyl (C=O) groups is 1. The number of nitrogens with zero attached hydrogens (tertiary/aromatic N) is 1. The molecule has 0 saturated carbocycles. The first-order chi connectivity index (χ1) is 11.1. The van der Waals surface area contributed by atoms with Crippen LogP contribution in [0.25, 0.3) is 0 Å². The molecule has 0 bridgehead atoms. The fraction of sp³-hybridized carbons (Fsp3) is 0.250. The van der Waals surface area contributed by atoms with E-state index in [1.165, 1.54) is 20.4 Å². The number of methoxy groups -OCH3 is 2. The SMILES string of the molecule is CCOc1c(Br)cc(C(=O)Nc2ccc(OC)nc2)cc1OC. The van der Waals surface area contributed by atoms with Crippen LogP contribution in [-0.4, -0.2) is 31.7 Å². The molecule has 0 atom stereocenters. The summed E-state index contributed by atoms with van der Waals surface area (Å²) in [5.41, 5.74) is 1.01. The fourth-order valence-electron chi connectivity index (χ4n) is 1.91. The molecule has 0 saturated heterocycles. The number of benzene rings is 1. The summed E-state index contributed by atoms with van der Waals surface area (Å²) in [6.07, 6.45) is 1.53. The minimum atomic E-state index is -0.279. The molecule has 0 unspecified atom stereocenters. The van der Waals surface area contributed by atoms with Gasteiger partial charge in [0, 0.05) is 11.6 Å². The standard InChI is InChI=1S/C16H17BrN2O4/c1-4-23-15-12(17)7-10(8-13(15)21-2)16(20)19-11-5-6-14(22-3)18-9-11/h5-9H,4H2,1-3H3,(H,19,20). The molecule has 122 valence electrons. The Balaban J connectivity index is 2.22. The van der Waals surface area contributed by atoms with E-state index in [9.17, 15) is 4.79 Å². The van der Waals surface area contributed by atoms with Crippen molar-refractivity contribution in [3.63, 3.8) is 0 Å². The Morgan fingerprint density at radius 2 is 2.04 bits per heavy atom. The second-order valence-electron chi connectivity index (χ2n) is 4.47. The summed E-state index contributed by atoms with van der Waals surface area (Å²) in [5, 5.41) is 2.77. The lowest BCUT2D eigenvalue weighted by Gasteiger charge is -2.13. The van der Waals surface area contributed by atoms with E-state index in [1.54, 1.807) is 24.3 Å². The molecule has 7 heteroatoms. The van der Waals surface area contributed by atoms with Gasteiger partial charge in [0.15, 0.2) is 11.5 Å². The van der Waals surface area contributed by atoms with Crippen LogP contribution in [0.3, 0.4) is 0 Å². The number of nitrogens with one attached hydrogen (secondary N) is 1. The first-order valence-electron chi connectivity index (χ1n) is 6.90. The van der Waals surface area contributed by atoms with Gasteiger partial charge in [-0.15, -0.1) is 0 Å². The van der Waals surface area contributed by atoms with Gasteiger partial charge in [0.05, 0.1) is 37.2 Å². The van der Waals surface area contributed by atoms with Crippen LogP contribution >= 0.6 is 15.9 Å². The summed E-state index contributed by atoms with van der Waals surface area (Å²) in [6, 6.07) is 6.69. The van der Waals surface area contributed by atoms with E-state index in [1.807, 2.05) is 6.92 Å². The van der Waals surface area contributed by atoms with Crippen molar-refractivity contribution in [2.45, 2.75) is 6.92 Å². The van der Waals surface area contributed by atoms with Crippen LogP contribution in [0, 0.1) is 0 Å². The number of amides is 1. The zero-order chi connectivity index (χ0) is 16.8. The van der Waals surface area contributed by atoms with Gasteiger partial charge < -0.3 is 19.5 Å². The summed E-state index contributed by atoms with van der Waals surface area (Å²) in [6.45, 7) is 2.38. The van der Waals surface area contributed by atoms with Crippen molar-refractivity contribution in [1.29, 1.82) is 0 Å². The first-order valence-corrected chi connectivity index (χ1v) is 7.70. The molecule has 2 rings (SSSR count). The molecular weight excluding hydrogens is 364 g/mol. The van der Waals surface area contributed by atoms with E-state index in [2.05, 4.69) is 26.2 Å². The predicted octanol–water partition coefficient (Wildman–Crippen LogP) is 3.51. The van der Waals surface area contributed by atoms with Gasteiger partial charge in [-0.05, 0) is 41.1 Å². The zero-order valence-corrected chi connectivity index (χ0v) is 14.6. The lowest BCUT2D eigenvalue weighted by atomic mass is 10.2. The number of halogens is 1. The second-order valence-corrected chi connectivity index (χ2v) is 5.32. The topological polar surface area (TPSA) is 69.7 Å². The van der Waals surface area contributed by atoms with Crippen molar-refractivity contribution < 1.29 is 19.0 Å². The average Bonchev–Trinajstić information content (AvgIpc) is 2.57. The van der Waals surface area contributed by atoms with E-state index in [4.69, 9.17) is 14.2 Å². The maximum absolute atomic E-state index is 12.4. The van der Waals surface area contributed by atoms with E-state index in [-0.39, 0.29) is 5.91 Å². The maximum Gasteiger partial charge on any atom is 0.255 e. The summed E-state index contributed by atoms with van der Waals surface area (Å²) < 4.78 is 16.4. The number of aromatic nitrogens is 1. The highest BCUT2D eigenvalue weighted by Gasteiger charge is 2.15. The highest BCUT2D eigenvalue weighted by molar-refractivity contribution is 9.10. The lowest BCUT2D eigenvalue weighted by Crippen LogP contribution is -2.12. The molecule has 1 N–H and O–H groups in total. The van der Waals surface area contributed by atoms with Crippen molar-refractivity contribution in [2.75, 3.05) is 26.1 Å². The quantitative estimate of drug-likeness (QED) is 0.829. The van der Waals surface area contributed by atoms with Gasteiger partial charge in [0.1, 0.15) is 0 Å². The molecule has 1 aromatic heterocycles. The number of carbonyl (C=O) groups excluding carboxylic acids is 1.